The van der Waals surface area contributed by atoms with E-state index < -0.39 is 0 Å². The van der Waals surface area contributed by atoms with Gasteiger partial charge in [0.15, 0.2) is 0 Å². The average molecular weight is 417 g/mol. The Balaban J connectivity index is 1.37. The Kier molecular flexibility index (Phi) is 5.83. The summed E-state index contributed by atoms with van der Waals surface area (Å²) < 4.78 is 0. The SMILES string of the molecule is C[C@H]1CC(=O)NN=C1c1ccc(N=NNc2ccc(C3=NNC(=O)C[C@@H]3C)cc2)cc1. The zero-order valence-electron chi connectivity index (χ0n) is 17.3. The molecule has 4 rings (SSSR count). The molecule has 0 aromatic heterocycles. The maximum Gasteiger partial charge on any atom is 0.240 e. The number of nitrogens with one attached hydrogen (secondary N) is 3. The molecule has 2 aromatic carbocycles. The highest BCUT2D eigenvalue weighted by Gasteiger charge is 2.22. The quantitative estimate of drug-likeness (QED) is 0.510. The number of hydrazone groups is 2. The number of hydrogen-bond donors (Lipinski definition) is 3. The molecular formula is C22H23N7O2. The van der Waals surface area contributed by atoms with Gasteiger partial charge < -0.3 is 0 Å². The summed E-state index contributed by atoms with van der Waals surface area (Å²) in [7, 11) is 0. The van der Waals surface area contributed by atoms with Crippen molar-refractivity contribution < 1.29 is 9.59 Å². The van der Waals surface area contributed by atoms with Gasteiger partial charge in [0.05, 0.1) is 22.8 Å². The van der Waals surface area contributed by atoms with E-state index in [9.17, 15) is 9.59 Å². The summed E-state index contributed by atoms with van der Waals surface area (Å²) in [6.45, 7) is 3.97. The third-order valence-electron chi connectivity index (χ3n) is 5.21. The van der Waals surface area contributed by atoms with E-state index in [4.69, 9.17) is 0 Å². The van der Waals surface area contributed by atoms with Crippen LogP contribution in [-0.4, -0.2) is 23.2 Å². The van der Waals surface area contributed by atoms with Crippen LogP contribution in [0.2, 0.25) is 0 Å². The number of rotatable bonds is 5. The molecule has 158 valence electrons. The number of anilines is 1. The summed E-state index contributed by atoms with van der Waals surface area (Å²) in [5, 5.41) is 16.6. The first-order valence-electron chi connectivity index (χ1n) is 10.1. The Morgan fingerprint density at radius 3 is 1.77 bits per heavy atom. The predicted octanol–water partition coefficient (Wildman–Crippen LogP) is 3.52. The van der Waals surface area contributed by atoms with Gasteiger partial charge in [-0.1, -0.05) is 43.3 Å². The van der Waals surface area contributed by atoms with Gasteiger partial charge in [0.2, 0.25) is 11.8 Å². The highest BCUT2D eigenvalue weighted by Crippen LogP contribution is 2.21. The number of nitrogens with zero attached hydrogens (tertiary/aromatic N) is 4. The van der Waals surface area contributed by atoms with E-state index in [1.807, 2.05) is 62.4 Å². The van der Waals surface area contributed by atoms with Crippen LogP contribution in [0.3, 0.4) is 0 Å². The molecule has 9 heteroatoms. The molecule has 2 aliphatic heterocycles. The molecule has 2 atom stereocenters. The van der Waals surface area contributed by atoms with Gasteiger partial charge in [-0.3, -0.25) is 15.0 Å². The summed E-state index contributed by atoms with van der Waals surface area (Å²) in [5.41, 5.74) is 13.1. The smallest absolute Gasteiger partial charge is 0.240 e. The first-order valence-corrected chi connectivity index (χ1v) is 10.1. The highest BCUT2D eigenvalue weighted by atomic mass is 16.2. The third-order valence-corrected chi connectivity index (χ3v) is 5.21. The van der Waals surface area contributed by atoms with Crippen LogP contribution >= 0.6 is 0 Å². The summed E-state index contributed by atoms with van der Waals surface area (Å²) in [6.07, 6.45) is 0.872. The molecule has 2 amide bonds. The first-order chi connectivity index (χ1) is 15.0. The third kappa shape index (κ3) is 4.82. The maximum absolute atomic E-state index is 11.4. The molecule has 0 bridgehead atoms. The number of benzene rings is 2. The molecule has 9 nitrogen and oxygen atoms in total. The van der Waals surface area contributed by atoms with Gasteiger partial charge in [-0.2, -0.15) is 10.2 Å². The van der Waals surface area contributed by atoms with Crippen molar-refractivity contribution in [2.45, 2.75) is 26.7 Å². The minimum atomic E-state index is -0.0613. The summed E-state index contributed by atoms with van der Waals surface area (Å²) in [4.78, 5) is 22.8. The molecule has 3 N–H and O–H groups in total. The Morgan fingerprint density at radius 1 is 0.806 bits per heavy atom. The molecule has 31 heavy (non-hydrogen) atoms. The van der Waals surface area contributed by atoms with Gasteiger partial charge in [-0.25, -0.2) is 10.9 Å². The summed E-state index contributed by atoms with van der Waals surface area (Å²) >= 11 is 0. The molecule has 0 unspecified atom stereocenters. The van der Waals surface area contributed by atoms with Gasteiger partial charge in [-0.05, 0) is 35.4 Å². The van der Waals surface area contributed by atoms with E-state index in [0.29, 0.717) is 18.5 Å². The highest BCUT2D eigenvalue weighted by molar-refractivity contribution is 6.06. The van der Waals surface area contributed by atoms with Crippen molar-refractivity contribution in [2.24, 2.45) is 32.4 Å². The van der Waals surface area contributed by atoms with Crippen LogP contribution in [0.4, 0.5) is 11.4 Å². The van der Waals surface area contributed by atoms with Gasteiger partial charge in [0.25, 0.3) is 0 Å². The van der Waals surface area contributed by atoms with E-state index in [-0.39, 0.29) is 23.7 Å². The average Bonchev–Trinajstić information content (AvgIpc) is 2.75. The molecule has 2 aliphatic rings. The standard InChI is InChI=1S/C22H23N7O2/c1-13-11-19(30)25-27-21(13)15-3-7-17(8-4-15)23-29-24-18-9-5-16(6-10-18)22-14(2)12-20(31)26-28-22/h3-10,13-14H,11-12H2,1-2H3,(H,23,24)(H,25,30)(H,26,31)/t13-,14-/m0/s1. The van der Waals surface area contributed by atoms with Gasteiger partial charge in [0, 0.05) is 24.7 Å². The second-order valence-corrected chi connectivity index (χ2v) is 7.71. The van der Waals surface area contributed by atoms with E-state index >= 15 is 0 Å². The topological polar surface area (TPSA) is 120 Å². The summed E-state index contributed by atoms with van der Waals surface area (Å²) in [6, 6.07) is 15.2. The molecule has 0 fully saturated rings. The predicted molar refractivity (Wildman–Crippen MR) is 118 cm³/mol. The molecular weight excluding hydrogens is 394 g/mol. The molecule has 0 spiro atoms. The largest absolute Gasteiger partial charge is 0.273 e. The van der Waals surface area contributed by atoms with Crippen LogP contribution in [0.5, 0.6) is 0 Å². The fourth-order valence-corrected chi connectivity index (χ4v) is 3.56. The lowest BCUT2D eigenvalue weighted by Gasteiger charge is -2.19. The van der Waals surface area contributed by atoms with Crippen LogP contribution in [-0.2, 0) is 9.59 Å². The van der Waals surface area contributed by atoms with Crippen molar-refractivity contribution in [3.63, 3.8) is 0 Å². The lowest BCUT2D eigenvalue weighted by atomic mass is 9.94. The fourth-order valence-electron chi connectivity index (χ4n) is 3.56. The minimum Gasteiger partial charge on any atom is -0.273 e. The number of hydrogen-bond acceptors (Lipinski definition) is 6. The van der Waals surface area contributed by atoms with E-state index in [1.54, 1.807) is 0 Å². The Labute approximate surface area is 179 Å². The van der Waals surface area contributed by atoms with Crippen molar-refractivity contribution in [3.8, 4) is 0 Å². The fraction of sp³-hybridized carbons (Fsp3) is 0.273. The summed E-state index contributed by atoms with van der Waals surface area (Å²) in [5.74, 6) is 0.0310. The number of carbonyl (C=O) groups excluding carboxylic acids is 2. The monoisotopic (exact) mass is 417 g/mol. The van der Waals surface area contributed by atoms with Crippen molar-refractivity contribution in [2.75, 3.05) is 5.43 Å². The molecule has 0 aliphatic carbocycles. The van der Waals surface area contributed by atoms with E-state index in [1.165, 1.54) is 0 Å². The van der Waals surface area contributed by atoms with Crippen LogP contribution < -0.4 is 16.3 Å². The van der Waals surface area contributed by atoms with Crippen molar-refractivity contribution in [3.05, 3.63) is 59.7 Å². The molecule has 0 saturated carbocycles. The van der Waals surface area contributed by atoms with Crippen molar-refractivity contribution in [1.82, 2.24) is 10.9 Å². The van der Waals surface area contributed by atoms with Gasteiger partial charge in [-0.15, -0.1) is 5.11 Å². The molecule has 2 aromatic rings. The van der Waals surface area contributed by atoms with Gasteiger partial charge in [0.1, 0.15) is 0 Å². The van der Waals surface area contributed by atoms with Crippen LogP contribution in [0.15, 0.2) is 69.1 Å². The van der Waals surface area contributed by atoms with Crippen LogP contribution in [0.1, 0.15) is 37.8 Å². The van der Waals surface area contributed by atoms with E-state index in [2.05, 4.69) is 36.8 Å². The van der Waals surface area contributed by atoms with Crippen LogP contribution in [0, 0.1) is 11.8 Å². The minimum absolute atomic E-state index is 0.0593. The molecule has 2 heterocycles. The number of amides is 2. The zero-order valence-corrected chi connectivity index (χ0v) is 17.3. The van der Waals surface area contributed by atoms with Crippen molar-refractivity contribution >= 4 is 34.6 Å². The Bertz CT molecular complexity index is 1070. The second kappa shape index (κ2) is 8.86. The van der Waals surface area contributed by atoms with Crippen LogP contribution in [0.25, 0.3) is 0 Å². The lowest BCUT2D eigenvalue weighted by molar-refractivity contribution is -0.122. The first kappa shape index (κ1) is 20.4. The maximum atomic E-state index is 11.4. The Morgan fingerprint density at radius 2 is 1.29 bits per heavy atom. The molecule has 0 saturated heterocycles. The van der Waals surface area contributed by atoms with Gasteiger partial charge >= 0.3 is 0 Å². The molecule has 0 radical (unpaired) electrons. The second-order valence-electron chi connectivity index (χ2n) is 7.71. The number of carbonyl (C=O) groups is 2. The lowest BCUT2D eigenvalue weighted by Crippen LogP contribution is -2.31. The zero-order chi connectivity index (χ0) is 21.8. The van der Waals surface area contributed by atoms with E-state index in [0.717, 1.165) is 28.2 Å². The normalized spacial score (nSPS) is 21.2. The van der Waals surface area contributed by atoms with Crippen molar-refractivity contribution in [1.29, 1.82) is 0 Å². The Hall–Kier alpha value is -3.88.